The van der Waals surface area contributed by atoms with Crippen LogP contribution in [0.2, 0.25) is 0 Å². The molecule has 7 nitrogen and oxygen atoms in total. The minimum Gasteiger partial charge on any atom is -0.325 e. The first-order valence-corrected chi connectivity index (χ1v) is 8.36. The third kappa shape index (κ3) is 3.85. The van der Waals surface area contributed by atoms with Crippen LogP contribution < -0.4 is 10.2 Å². The van der Waals surface area contributed by atoms with Gasteiger partial charge in [-0.3, -0.25) is 19.7 Å². The largest absolute Gasteiger partial charge is 0.325 e. The molecule has 0 unspecified atom stereocenters. The number of hydrogen-bond donors (Lipinski definition) is 1. The number of non-ortho nitro benzene ring substituents is 1. The third-order valence-electron chi connectivity index (χ3n) is 3.91. The van der Waals surface area contributed by atoms with E-state index in [-0.39, 0.29) is 24.0 Å². The van der Waals surface area contributed by atoms with E-state index in [1.807, 2.05) is 18.2 Å². The molecule has 0 aliphatic carbocycles. The zero-order chi connectivity index (χ0) is 18.0. The van der Waals surface area contributed by atoms with Gasteiger partial charge in [0.25, 0.3) is 5.69 Å². The van der Waals surface area contributed by atoms with Gasteiger partial charge in [-0.25, -0.2) is 0 Å². The highest BCUT2D eigenvalue weighted by atomic mass is 79.9. The van der Waals surface area contributed by atoms with Crippen LogP contribution in [0, 0.1) is 10.1 Å². The summed E-state index contributed by atoms with van der Waals surface area (Å²) in [7, 11) is 0. The second kappa shape index (κ2) is 7.02. The molecule has 0 saturated carbocycles. The zero-order valence-electron chi connectivity index (χ0n) is 13.1. The second-order valence-corrected chi connectivity index (χ2v) is 6.52. The van der Waals surface area contributed by atoms with Gasteiger partial charge in [-0.2, -0.15) is 0 Å². The molecule has 0 spiro atoms. The lowest BCUT2D eigenvalue weighted by molar-refractivity contribution is -0.384. The van der Waals surface area contributed by atoms with E-state index in [0.717, 1.165) is 15.7 Å². The van der Waals surface area contributed by atoms with E-state index < -0.39 is 4.92 Å². The highest BCUT2D eigenvalue weighted by Gasteiger charge is 2.26. The van der Waals surface area contributed by atoms with Crippen molar-refractivity contribution in [3.8, 4) is 0 Å². The topological polar surface area (TPSA) is 92.6 Å². The first-order chi connectivity index (χ1) is 11.9. The van der Waals surface area contributed by atoms with Crippen molar-refractivity contribution in [1.29, 1.82) is 0 Å². The molecule has 8 heteroatoms. The average molecular weight is 404 g/mol. The summed E-state index contributed by atoms with van der Waals surface area (Å²) >= 11 is 3.41. The Morgan fingerprint density at radius 2 is 1.92 bits per heavy atom. The van der Waals surface area contributed by atoms with Crippen molar-refractivity contribution in [3.05, 3.63) is 62.6 Å². The van der Waals surface area contributed by atoms with Crippen LogP contribution in [-0.4, -0.2) is 23.3 Å². The van der Waals surface area contributed by atoms with Gasteiger partial charge in [-0.05, 0) is 42.3 Å². The van der Waals surface area contributed by atoms with Gasteiger partial charge in [0.2, 0.25) is 11.8 Å². The number of fused-ring (bicyclic) bond motifs is 1. The van der Waals surface area contributed by atoms with Crippen molar-refractivity contribution in [2.75, 3.05) is 16.8 Å². The molecule has 25 heavy (non-hydrogen) atoms. The number of rotatable bonds is 4. The molecule has 2 amide bonds. The molecule has 0 atom stereocenters. The van der Waals surface area contributed by atoms with Gasteiger partial charge in [-0.15, -0.1) is 0 Å². The Bertz CT molecular complexity index is 851. The quantitative estimate of drug-likeness (QED) is 0.625. The fraction of sp³-hybridized carbons (Fsp3) is 0.176. The van der Waals surface area contributed by atoms with Crippen LogP contribution in [0.1, 0.15) is 12.0 Å². The first-order valence-electron chi connectivity index (χ1n) is 7.57. The normalized spacial score (nSPS) is 13.3. The maximum Gasteiger partial charge on any atom is 0.269 e. The standard InChI is InChI=1S/C17H14BrN3O4/c18-12-2-7-15-11(9-12)1-8-17(23)20(15)10-16(22)19-13-3-5-14(6-4-13)21(24)25/h2-7,9H,1,8,10H2,(H,19,22). The number of nitrogens with zero attached hydrogens (tertiary/aromatic N) is 2. The Kier molecular flexibility index (Phi) is 4.80. The van der Waals surface area contributed by atoms with Gasteiger partial charge in [0.15, 0.2) is 0 Å². The van der Waals surface area contributed by atoms with E-state index in [1.165, 1.54) is 29.2 Å². The molecule has 128 valence electrons. The number of anilines is 2. The number of nitrogens with one attached hydrogen (secondary N) is 1. The summed E-state index contributed by atoms with van der Waals surface area (Å²) in [6.07, 6.45) is 1.00. The van der Waals surface area contributed by atoms with Gasteiger partial charge in [0.05, 0.1) is 4.92 Å². The monoisotopic (exact) mass is 403 g/mol. The lowest BCUT2D eigenvalue weighted by Gasteiger charge is -2.29. The average Bonchev–Trinajstić information content (AvgIpc) is 2.58. The minimum absolute atomic E-state index is 0.0521. The van der Waals surface area contributed by atoms with Crippen LogP contribution in [0.25, 0.3) is 0 Å². The summed E-state index contributed by atoms with van der Waals surface area (Å²) < 4.78 is 0.927. The van der Waals surface area contributed by atoms with E-state index in [2.05, 4.69) is 21.2 Å². The molecule has 1 N–H and O–H groups in total. The van der Waals surface area contributed by atoms with Crippen molar-refractivity contribution < 1.29 is 14.5 Å². The SMILES string of the molecule is O=C(CN1C(=O)CCc2cc(Br)ccc21)Nc1ccc([N+](=O)[O-])cc1. The van der Waals surface area contributed by atoms with Gasteiger partial charge in [0, 0.05) is 34.4 Å². The summed E-state index contributed by atoms with van der Waals surface area (Å²) in [4.78, 5) is 36.1. The summed E-state index contributed by atoms with van der Waals surface area (Å²) in [6.45, 7) is -0.107. The number of hydrogen-bond acceptors (Lipinski definition) is 4. The molecule has 0 bridgehead atoms. The fourth-order valence-electron chi connectivity index (χ4n) is 2.71. The Balaban J connectivity index is 1.72. The van der Waals surface area contributed by atoms with Gasteiger partial charge in [-0.1, -0.05) is 15.9 Å². The summed E-state index contributed by atoms with van der Waals surface area (Å²) in [5, 5.41) is 13.3. The summed E-state index contributed by atoms with van der Waals surface area (Å²) in [5.41, 5.74) is 2.13. The molecule has 3 rings (SSSR count). The summed E-state index contributed by atoms with van der Waals surface area (Å²) in [5.74, 6) is -0.466. The Hall–Kier alpha value is -2.74. The van der Waals surface area contributed by atoms with Crippen LogP contribution in [0.4, 0.5) is 17.1 Å². The van der Waals surface area contributed by atoms with E-state index in [0.29, 0.717) is 18.5 Å². The van der Waals surface area contributed by atoms with Crippen molar-refractivity contribution in [2.24, 2.45) is 0 Å². The van der Waals surface area contributed by atoms with E-state index >= 15 is 0 Å². The van der Waals surface area contributed by atoms with Gasteiger partial charge in [0.1, 0.15) is 6.54 Å². The van der Waals surface area contributed by atoms with E-state index in [4.69, 9.17) is 0 Å². The molecule has 0 aromatic heterocycles. The second-order valence-electron chi connectivity index (χ2n) is 5.61. The van der Waals surface area contributed by atoms with Gasteiger partial charge < -0.3 is 10.2 Å². The highest BCUT2D eigenvalue weighted by Crippen LogP contribution is 2.30. The first kappa shape index (κ1) is 17.1. The van der Waals surface area contributed by atoms with E-state index in [9.17, 15) is 19.7 Å². The van der Waals surface area contributed by atoms with Crippen molar-refractivity contribution >= 4 is 44.8 Å². The number of amides is 2. The number of benzene rings is 2. The lowest BCUT2D eigenvalue weighted by Crippen LogP contribution is -2.40. The van der Waals surface area contributed by atoms with Crippen LogP contribution >= 0.6 is 15.9 Å². The Labute approximate surface area is 151 Å². The molecule has 1 aliphatic rings. The smallest absolute Gasteiger partial charge is 0.269 e. The van der Waals surface area contributed by atoms with E-state index in [1.54, 1.807) is 0 Å². The molecule has 0 fully saturated rings. The molecule has 2 aromatic carbocycles. The highest BCUT2D eigenvalue weighted by molar-refractivity contribution is 9.10. The predicted molar refractivity (Wildman–Crippen MR) is 96.5 cm³/mol. The lowest BCUT2D eigenvalue weighted by atomic mass is 10.0. The third-order valence-corrected chi connectivity index (χ3v) is 4.40. The molecule has 0 saturated heterocycles. The van der Waals surface area contributed by atoms with Crippen molar-refractivity contribution in [1.82, 2.24) is 0 Å². The van der Waals surface area contributed by atoms with Crippen molar-refractivity contribution in [3.63, 3.8) is 0 Å². The molecule has 0 radical (unpaired) electrons. The van der Waals surface area contributed by atoms with Crippen LogP contribution in [0.15, 0.2) is 46.9 Å². The van der Waals surface area contributed by atoms with Crippen LogP contribution in [-0.2, 0) is 16.0 Å². The zero-order valence-corrected chi connectivity index (χ0v) is 14.7. The molecule has 2 aromatic rings. The minimum atomic E-state index is -0.507. The van der Waals surface area contributed by atoms with Crippen molar-refractivity contribution in [2.45, 2.75) is 12.8 Å². The number of aryl methyl sites for hydroxylation is 1. The number of carbonyl (C=O) groups is 2. The van der Waals surface area contributed by atoms with Crippen LogP contribution in [0.5, 0.6) is 0 Å². The Morgan fingerprint density at radius 3 is 2.60 bits per heavy atom. The number of nitro benzene ring substituents is 1. The summed E-state index contributed by atoms with van der Waals surface area (Å²) in [6, 6.07) is 11.1. The molecule has 1 aliphatic heterocycles. The maximum absolute atomic E-state index is 12.3. The van der Waals surface area contributed by atoms with Gasteiger partial charge >= 0.3 is 0 Å². The predicted octanol–water partition coefficient (Wildman–Crippen LogP) is 3.28. The number of halogens is 1. The number of carbonyl (C=O) groups excluding carboxylic acids is 2. The number of nitro groups is 1. The molecular weight excluding hydrogens is 390 g/mol. The molecular formula is C17H14BrN3O4. The van der Waals surface area contributed by atoms with Crippen LogP contribution in [0.3, 0.4) is 0 Å². The maximum atomic E-state index is 12.3. The fourth-order valence-corrected chi connectivity index (χ4v) is 3.12. The Morgan fingerprint density at radius 1 is 1.20 bits per heavy atom. The molecule has 1 heterocycles.